The summed E-state index contributed by atoms with van der Waals surface area (Å²) < 4.78 is 0. The number of rotatable bonds is 3. The topological polar surface area (TPSA) is 50.9 Å². The Morgan fingerprint density at radius 1 is 1.11 bits per heavy atom. The van der Waals surface area contributed by atoms with Crippen LogP contribution >= 0.6 is 0 Å². The van der Waals surface area contributed by atoms with Crippen LogP contribution in [0.25, 0.3) is 0 Å². The van der Waals surface area contributed by atoms with E-state index in [2.05, 4.69) is 11.4 Å². The summed E-state index contributed by atoms with van der Waals surface area (Å²) in [6, 6.07) is 2.90. The molecule has 0 atom stereocenters. The summed E-state index contributed by atoms with van der Waals surface area (Å²) in [4.78, 5) is 4.89. The lowest BCUT2D eigenvalue weighted by molar-refractivity contribution is 0.461. The van der Waals surface area contributed by atoms with Crippen molar-refractivity contribution in [1.29, 1.82) is 0 Å². The monoisotopic (exact) mass is 259 g/mol. The maximum absolute atomic E-state index is 5.91. The Morgan fingerprint density at radius 3 is 2.68 bits per heavy atom. The van der Waals surface area contributed by atoms with Crippen LogP contribution in [0.1, 0.15) is 61.8 Å². The number of anilines is 1. The van der Waals surface area contributed by atoms with Crippen LogP contribution in [0.15, 0.2) is 6.07 Å². The van der Waals surface area contributed by atoms with Gasteiger partial charge in [-0.3, -0.25) is 0 Å². The van der Waals surface area contributed by atoms with Crippen LogP contribution in [0.3, 0.4) is 0 Å². The van der Waals surface area contributed by atoms with Gasteiger partial charge in [0.25, 0.3) is 0 Å². The first-order chi connectivity index (χ1) is 9.36. The predicted molar refractivity (Wildman–Crippen MR) is 79.3 cm³/mol. The second kappa shape index (κ2) is 5.91. The zero-order valence-electron chi connectivity index (χ0n) is 11.8. The lowest BCUT2D eigenvalue weighted by atomic mass is 9.93. The molecule has 0 aliphatic heterocycles. The summed E-state index contributed by atoms with van der Waals surface area (Å²) >= 11 is 0. The molecule has 104 valence electrons. The highest BCUT2D eigenvalue weighted by molar-refractivity contribution is 5.49. The molecule has 1 fully saturated rings. The molecular weight excluding hydrogens is 234 g/mol. The molecule has 0 radical (unpaired) electrons. The van der Waals surface area contributed by atoms with Crippen molar-refractivity contribution < 1.29 is 0 Å². The molecule has 2 aliphatic carbocycles. The number of aryl methyl sites for hydroxylation is 2. The number of hydrogen-bond acceptors (Lipinski definition) is 3. The average molecular weight is 259 g/mol. The molecule has 0 spiro atoms. The second-order valence-electron chi connectivity index (χ2n) is 5.99. The van der Waals surface area contributed by atoms with E-state index in [-0.39, 0.29) is 0 Å². The number of nitrogens with zero attached hydrogens (tertiary/aromatic N) is 1. The van der Waals surface area contributed by atoms with Crippen molar-refractivity contribution in [2.75, 3.05) is 5.32 Å². The van der Waals surface area contributed by atoms with Gasteiger partial charge in [0.2, 0.25) is 0 Å². The van der Waals surface area contributed by atoms with Crippen molar-refractivity contribution >= 4 is 5.82 Å². The molecule has 1 aromatic rings. The zero-order chi connectivity index (χ0) is 13.1. The van der Waals surface area contributed by atoms with Crippen molar-refractivity contribution in [3.63, 3.8) is 0 Å². The maximum Gasteiger partial charge on any atom is 0.130 e. The summed E-state index contributed by atoms with van der Waals surface area (Å²) in [5, 5.41) is 3.66. The van der Waals surface area contributed by atoms with E-state index in [1.165, 1.54) is 68.2 Å². The smallest absolute Gasteiger partial charge is 0.130 e. The van der Waals surface area contributed by atoms with Crippen molar-refractivity contribution in [2.24, 2.45) is 5.73 Å². The summed E-state index contributed by atoms with van der Waals surface area (Å²) in [7, 11) is 0. The Labute approximate surface area is 116 Å². The Morgan fingerprint density at radius 2 is 1.89 bits per heavy atom. The van der Waals surface area contributed by atoms with Gasteiger partial charge < -0.3 is 11.1 Å². The Bertz CT molecular complexity index is 436. The van der Waals surface area contributed by atoms with Gasteiger partial charge in [-0.2, -0.15) is 0 Å². The molecule has 1 aromatic heterocycles. The molecule has 1 heterocycles. The normalized spacial score (nSPS) is 20.1. The lowest BCUT2D eigenvalue weighted by Crippen LogP contribution is -2.25. The zero-order valence-corrected chi connectivity index (χ0v) is 11.8. The average Bonchev–Trinajstić information content (AvgIpc) is 2.47. The fourth-order valence-corrected chi connectivity index (χ4v) is 3.40. The van der Waals surface area contributed by atoms with Crippen LogP contribution in [-0.4, -0.2) is 11.0 Å². The van der Waals surface area contributed by atoms with E-state index in [0.717, 1.165) is 12.2 Å². The maximum atomic E-state index is 5.91. The Hall–Kier alpha value is -1.09. The van der Waals surface area contributed by atoms with Gasteiger partial charge in [0.15, 0.2) is 0 Å². The highest BCUT2D eigenvalue weighted by atomic mass is 15.0. The van der Waals surface area contributed by atoms with Gasteiger partial charge in [0.05, 0.1) is 0 Å². The minimum Gasteiger partial charge on any atom is -0.367 e. The first-order valence-corrected chi connectivity index (χ1v) is 7.85. The van der Waals surface area contributed by atoms with Gasteiger partial charge >= 0.3 is 0 Å². The van der Waals surface area contributed by atoms with E-state index in [4.69, 9.17) is 10.7 Å². The SMILES string of the molecule is NCc1cc2c(nc1NC1CCCCC1)CCCC2. The number of hydrogen-bond donors (Lipinski definition) is 2. The molecule has 0 bridgehead atoms. The number of pyridine rings is 1. The molecule has 0 aromatic carbocycles. The van der Waals surface area contributed by atoms with E-state index in [1.54, 1.807) is 0 Å². The van der Waals surface area contributed by atoms with E-state index >= 15 is 0 Å². The van der Waals surface area contributed by atoms with Crippen molar-refractivity contribution in [1.82, 2.24) is 4.98 Å². The number of fused-ring (bicyclic) bond motifs is 1. The quantitative estimate of drug-likeness (QED) is 0.876. The van der Waals surface area contributed by atoms with Gasteiger partial charge in [-0.25, -0.2) is 4.98 Å². The largest absolute Gasteiger partial charge is 0.367 e. The fraction of sp³-hybridized carbons (Fsp3) is 0.688. The summed E-state index contributed by atoms with van der Waals surface area (Å²) in [5.41, 5.74) is 9.85. The molecule has 0 saturated heterocycles. The molecular formula is C16H25N3. The third-order valence-electron chi connectivity index (χ3n) is 4.55. The van der Waals surface area contributed by atoms with Gasteiger partial charge in [-0.05, 0) is 50.2 Å². The Kier molecular flexibility index (Phi) is 4.02. The molecule has 19 heavy (non-hydrogen) atoms. The van der Waals surface area contributed by atoms with E-state index < -0.39 is 0 Å². The molecule has 3 heteroatoms. The van der Waals surface area contributed by atoms with Crippen molar-refractivity contribution in [2.45, 2.75) is 70.4 Å². The highest BCUT2D eigenvalue weighted by Gasteiger charge is 2.18. The first kappa shape index (κ1) is 12.9. The van der Waals surface area contributed by atoms with Gasteiger partial charge in [-0.1, -0.05) is 19.3 Å². The third-order valence-corrected chi connectivity index (χ3v) is 4.55. The summed E-state index contributed by atoms with van der Waals surface area (Å²) in [6.07, 6.45) is 11.5. The third kappa shape index (κ3) is 2.92. The minimum absolute atomic E-state index is 0.593. The minimum atomic E-state index is 0.593. The number of nitrogens with one attached hydrogen (secondary N) is 1. The first-order valence-electron chi connectivity index (χ1n) is 7.85. The molecule has 3 nitrogen and oxygen atoms in total. The molecule has 0 amide bonds. The molecule has 3 N–H and O–H groups in total. The van der Waals surface area contributed by atoms with E-state index in [9.17, 15) is 0 Å². The van der Waals surface area contributed by atoms with Crippen LogP contribution in [-0.2, 0) is 19.4 Å². The summed E-state index contributed by atoms with van der Waals surface area (Å²) in [6.45, 7) is 0.593. The molecule has 1 saturated carbocycles. The number of aromatic nitrogens is 1. The van der Waals surface area contributed by atoms with Crippen LogP contribution in [0.2, 0.25) is 0 Å². The van der Waals surface area contributed by atoms with Gasteiger partial charge in [0.1, 0.15) is 5.82 Å². The van der Waals surface area contributed by atoms with Crippen LogP contribution in [0, 0.1) is 0 Å². The summed E-state index contributed by atoms with van der Waals surface area (Å²) in [5.74, 6) is 1.06. The predicted octanol–water partition coefficient (Wildman–Crippen LogP) is 3.16. The van der Waals surface area contributed by atoms with Crippen LogP contribution in [0.4, 0.5) is 5.82 Å². The van der Waals surface area contributed by atoms with Gasteiger partial charge in [-0.15, -0.1) is 0 Å². The lowest BCUT2D eigenvalue weighted by Gasteiger charge is -2.26. The van der Waals surface area contributed by atoms with Gasteiger partial charge in [0, 0.05) is 23.8 Å². The van der Waals surface area contributed by atoms with Crippen LogP contribution < -0.4 is 11.1 Å². The highest BCUT2D eigenvalue weighted by Crippen LogP contribution is 2.27. The van der Waals surface area contributed by atoms with Crippen molar-refractivity contribution in [3.8, 4) is 0 Å². The Balaban J connectivity index is 1.82. The van der Waals surface area contributed by atoms with E-state index in [1.807, 2.05) is 0 Å². The molecule has 2 aliphatic rings. The molecule has 3 rings (SSSR count). The van der Waals surface area contributed by atoms with E-state index in [0.29, 0.717) is 12.6 Å². The fourth-order valence-electron chi connectivity index (χ4n) is 3.40. The van der Waals surface area contributed by atoms with Crippen molar-refractivity contribution in [3.05, 3.63) is 22.9 Å². The van der Waals surface area contributed by atoms with Crippen LogP contribution in [0.5, 0.6) is 0 Å². The second-order valence-corrected chi connectivity index (χ2v) is 5.99. The number of nitrogens with two attached hydrogens (primary N) is 1. The molecule has 0 unspecified atom stereocenters. The standard InChI is InChI=1S/C16H25N3/c17-11-13-10-12-6-4-5-9-15(12)19-16(13)18-14-7-2-1-3-8-14/h10,14H,1-9,11,17H2,(H,18,19).